The molecule has 0 aliphatic carbocycles. The summed E-state index contributed by atoms with van der Waals surface area (Å²) in [6, 6.07) is 0. The maximum absolute atomic E-state index is 9.22. The molecule has 0 aliphatic heterocycles. The SMILES string of the molecule is [CH2-]P(=O)(O)O.[CH3-].[W+2]. The molecule has 0 aromatic heterocycles. The first-order valence-corrected chi connectivity index (χ1v) is 2.70. The first-order valence-electron chi connectivity index (χ1n) is 0.899. The molecular weight excluding hydrogens is 287 g/mol. The van der Waals surface area contributed by atoms with Gasteiger partial charge in [-0.1, -0.05) is 0 Å². The molecule has 0 aromatic carbocycles. The Balaban J connectivity index is -0.0000000800. The van der Waals surface area contributed by atoms with Gasteiger partial charge in [0.25, 0.3) is 0 Å². The van der Waals surface area contributed by atoms with Crippen LogP contribution in [0.2, 0.25) is 0 Å². The molecule has 0 atom stereocenters. The van der Waals surface area contributed by atoms with Crippen LogP contribution in [0.1, 0.15) is 0 Å². The minimum atomic E-state index is -3.89. The Bertz CT molecular complexity index is 59.1. The zero-order valence-electron chi connectivity index (χ0n) is 3.87. The van der Waals surface area contributed by atoms with Gasteiger partial charge >= 0.3 is 21.1 Å². The fourth-order valence-corrected chi connectivity index (χ4v) is 0. The molecule has 0 spiro atoms. The van der Waals surface area contributed by atoms with Crippen molar-refractivity contribution in [3.63, 3.8) is 0 Å². The Kier molecular flexibility index (Phi) is 11.1. The van der Waals surface area contributed by atoms with Gasteiger partial charge in [-0.3, -0.25) is 4.57 Å². The van der Waals surface area contributed by atoms with Gasteiger partial charge in [-0.05, 0) is 0 Å². The fourth-order valence-electron chi connectivity index (χ4n) is 0. The van der Waals surface area contributed by atoms with E-state index in [1.165, 1.54) is 0 Å². The largest absolute Gasteiger partial charge is 2.00 e. The van der Waals surface area contributed by atoms with E-state index in [1.807, 2.05) is 0 Å². The van der Waals surface area contributed by atoms with Crippen LogP contribution in [0.4, 0.5) is 0 Å². The van der Waals surface area contributed by atoms with E-state index in [4.69, 9.17) is 9.79 Å². The van der Waals surface area contributed by atoms with E-state index in [0.717, 1.165) is 0 Å². The molecule has 0 saturated heterocycles. The quantitative estimate of drug-likeness (QED) is 0.502. The molecule has 0 aliphatic rings. The molecule has 0 heterocycles. The molecule has 0 bridgehead atoms. The van der Waals surface area contributed by atoms with E-state index >= 15 is 0 Å². The van der Waals surface area contributed by atoms with Gasteiger partial charge in [0.05, 0.1) is 0 Å². The Hall–Kier alpha value is 0.838. The standard InChI is InChI=1S/CH4O3P.CH3.W/c1-5(2,3)4;;/h1H2,(H2,2,3,4);1H3;/q2*-1;+2. The van der Waals surface area contributed by atoms with Gasteiger partial charge < -0.3 is 17.2 Å². The summed E-state index contributed by atoms with van der Waals surface area (Å²) in [6.07, 6.45) is 0. The molecule has 0 fully saturated rings. The molecular formula is C2H7O3PW. The van der Waals surface area contributed by atoms with Crippen molar-refractivity contribution in [3.8, 4) is 0 Å². The summed E-state index contributed by atoms with van der Waals surface area (Å²) in [5.41, 5.74) is 0. The van der Waals surface area contributed by atoms with Crippen LogP contribution in [0.15, 0.2) is 0 Å². The summed E-state index contributed by atoms with van der Waals surface area (Å²) in [4.78, 5) is 15.0. The zero-order chi connectivity index (χ0) is 4.50. The number of hydrogen-bond acceptors (Lipinski definition) is 1. The van der Waals surface area contributed by atoms with Crippen LogP contribution >= 0.6 is 7.60 Å². The topological polar surface area (TPSA) is 57.5 Å². The third kappa shape index (κ3) is 228. The molecule has 0 amide bonds. The Morgan fingerprint density at radius 2 is 1.43 bits per heavy atom. The van der Waals surface area contributed by atoms with Crippen molar-refractivity contribution in [3.05, 3.63) is 14.1 Å². The van der Waals surface area contributed by atoms with Crippen molar-refractivity contribution in [2.24, 2.45) is 0 Å². The van der Waals surface area contributed by atoms with Gasteiger partial charge in [0, 0.05) is 0 Å². The minimum Gasteiger partial charge on any atom is -0.358 e. The molecule has 7 heavy (non-hydrogen) atoms. The van der Waals surface area contributed by atoms with E-state index in [0.29, 0.717) is 0 Å². The van der Waals surface area contributed by atoms with E-state index < -0.39 is 7.60 Å². The van der Waals surface area contributed by atoms with Crippen molar-refractivity contribution in [1.29, 1.82) is 0 Å². The van der Waals surface area contributed by atoms with E-state index in [-0.39, 0.29) is 28.5 Å². The summed E-state index contributed by atoms with van der Waals surface area (Å²) in [7, 11) is -3.89. The van der Waals surface area contributed by atoms with Crippen LogP contribution in [0.25, 0.3) is 0 Å². The van der Waals surface area contributed by atoms with Crippen LogP contribution in [0, 0.1) is 14.1 Å². The van der Waals surface area contributed by atoms with Gasteiger partial charge in [0.15, 0.2) is 7.60 Å². The maximum atomic E-state index is 9.22. The van der Waals surface area contributed by atoms with Gasteiger partial charge in [-0.15, -0.1) is 0 Å². The van der Waals surface area contributed by atoms with E-state index in [9.17, 15) is 4.57 Å². The summed E-state index contributed by atoms with van der Waals surface area (Å²) in [6.45, 7) is 2.44. The predicted molar refractivity (Wildman–Crippen MR) is 23.8 cm³/mol. The average molecular weight is 294 g/mol. The van der Waals surface area contributed by atoms with Crippen LogP contribution < -0.4 is 0 Å². The Morgan fingerprint density at radius 3 is 1.43 bits per heavy atom. The van der Waals surface area contributed by atoms with Crippen molar-refractivity contribution in [1.82, 2.24) is 0 Å². The Labute approximate surface area is 57.5 Å². The van der Waals surface area contributed by atoms with Crippen molar-refractivity contribution in [2.45, 2.75) is 0 Å². The molecule has 0 saturated carbocycles. The second-order valence-electron chi connectivity index (χ2n) is 0.665. The number of rotatable bonds is 0. The monoisotopic (exact) mass is 294 g/mol. The summed E-state index contributed by atoms with van der Waals surface area (Å²) >= 11 is 0. The predicted octanol–water partition coefficient (Wildman–Crippen LogP) is 0.403. The molecule has 0 rings (SSSR count). The zero-order valence-corrected chi connectivity index (χ0v) is 7.69. The van der Waals surface area contributed by atoms with Gasteiger partial charge in [-0.25, -0.2) is 6.66 Å². The first kappa shape index (κ1) is 15.7. The molecule has 5 heteroatoms. The van der Waals surface area contributed by atoms with Crippen molar-refractivity contribution < 1.29 is 35.4 Å². The third-order valence-electron chi connectivity index (χ3n) is 0. The van der Waals surface area contributed by atoms with Crippen LogP contribution in [0.5, 0.6) is 0 Å². The maximum Gasteiger partial charge on any atom is 2.00 e. The fraction of sp³-hybridized carbons (Fsp3) is 0. The van der Waals surface area contributed by atoms with E-state index in [1.54, 1.807) is 0 Å². The van der Waals surface area contributed by atoms with Gasteiger partial charge in [0.1, 0.15) is 0 Å². The molecule has 0 radical (unpaired) electrons. The van der Waals surface area contributed by atoms with Gasteiger partial charge in [-0.2, -0.15) is 0 Å². The summed E-state index contributed by atoms with van der Waals surface area (Å²) < 4.78 is 9.22. The second kappa shape index (κ2) is 4.98. The molecule has 44 valence electrons. The smallest absolute Gasteiger partial charge is 0.358 e. The first-order chi connectivity index (χ1) is 2.00. The average Bonchev–Trinajstić information content (AvgIpc) is 0.722. The van der Waals surface area contributed by atoms with Crippen molar-refractivity contribution in [2.75, 3.05) is 0 Å². The van der Waals surface area contributed by atoms with Crippen LogP contribution in [0.3, 0.4) is 0 Å². The van der Waals surface area contributed by atoms with Crippen LogP contribution in [-0.4, -0.2) is 9.79 Å². The molecule has 0 unspecified atom stereocenters. The van der Waals surface area contributed by atoms with Gasteiger partial charge in [0.2, 0.25) is 0 Å². The summed E-state index contributed by atoms with van der Waals surface area (Å²) in [5.74, 6) is 0. The molecule has 0 aromatic rings. The van der Waals surface area contributed by atoms with Crippen LogP contribution in [-0.2, 0) is 25.6 Å². The molecule has 2 N–H and O–H groups in total. The third-order valence-corrected chi connectivity index (χ3v) is 0. The second-order valence-corrected chi connectivity index (χ2v) is 1.99. The van der Waals surface area contributed by atoms with E-state index in [2.05, 4.69) is 6.66 Å². The molecule has 3 nitrogen and oxygen atoms in total. The normalized spacial score (nSPS) is 8.43. The minimum absolute atomic E-state index is 0. The summed E-state index contributed by atoms with van der Waals surface area (Å²) in [5, 5.41) is 0. The number of hydrogen-bond donors (Lipinski definition) is 2. The van der Waals surface area contributed by atoms with Crippen molar-refractivity contribution >= 4 is 7.60 Å². The Morgan fingerprint density at radius 1 is 1.43 bits per heavy atom.